The number of carbonyl (C=O) groups excluding carboxylic acids is 1. The summed E-state index contributed by atoms with van der Waals surface area (Å²) in [5, 5.41) is 22.8. The molecule has 8 nitrogen and oxygen atoms in total. The van der Waals surface area contributed by atoms with Gasteiger partial charge in [0.15, 0.2) is 12.4 Å². The fourth-order valence-electron chi connectivity index (χ4n) is 2.21. The first-order valence-corrected chi connectivity index (χ1v) is 6.67. The monoisotopic (exact) mass is 295 g/mol. The topological polar surface area (TPSA) is 105 Å². The van der Waals surface area contributed by atoms with Gasteiger partial charge in [-0.3, -0.25) is 14.9 Å². The molecule has 1 aromatic carbocycles. The van der Waals surface area contributed by atoms with Gasteiger partial charge in [-0.25, -0.2) is 0 Å². The third kappa shape index (κ3) is 3.22. The first kappa shape index (κ1) is 15.0. The van der Waals surface area contributed by atoms with Crippen LogP contribution in [-0.2, 0) is 4.79 Å². The molecule has 1 amide bonds. The maximum absolute atomic E-state index is 11.4. The Bertz CT molecular complexity index is 561. The van der Waals surface area contributed by atoms with E-state index in [-0.39, 0.29) is 24.8 Å². The zero-order valence-corrected chi connectivity index (χ0v) is 11.7. The second-order valence-corrected chi connectivity index (χ2v) is 4.59. The largest absolute Gasteiger partial charge is 0.481 e. The molecule has 114 valence electrons. The van der Waals surface area contributed by atoms with Crippen molar-refractivity contribution in [1.29, 1.82) is 0 Å². The van der Waals surface area contributed by atoms with Crippen LogP contribution in [0.25, 0.3) is 0 Å². The summed E-state index contributed by atoms with van der Waals surface area (Å²) in [7, 11) is 0. The van der Waals surface area contributed by atoms with Gasteiger partial charge in [0.25, 0.3) is 11.6 Å². The first-order valence-electron chi connectivity index (χ1n) is 6.67. The Morgan fingerprint density at radius 1 is 1.52 bits per heavy atom. The summed E-state index contributed by atoms with van der Waals surface area (Å²) < 4.78 is 5.20. The molecule has 1 aliphatic rings. The number of nitro groups is 1. The lowest BCUT2D eigenvalue weighted by atomic mass is 10.1. The molecule has 21 heavy (non-hydrogen) atoms. The van der Waals surface area contributed by atoms with Crippen molar-refractivity contribution in [2.45, 2.75) is 13.3 Å². The zero-order chi connectivity index (χ0) is 15.4. The normalized spacial score (nSPS) is 13.1. The van der Waals surface area contributed by atoms with Gasteiger partial charge in [0.05, 0.1) is 16.7 Å². The lowest BCUT2D eigenvalue weighted by molar-refractivity contribution is -0.384. The van der Waals surface area contributed by atoms with Crippen molar-refractivity contribution in [3.8, 4) is 5.75 Å². The van der Waals surface area contributed by atoms with Gasteiger partial charge < -0.3 is 20.1 Å². The van der Waals surface area contributed by atoms with E-state index in [0.717, 1.165) is 0 Å². The van der Waals surface area contributed by atoms with Gasteiger partial charge in [-0.2, -0.15) is 0 Å². The number of fused-ring (bicyclic) bond motifs is 1. The lowest BCUT2D eigenvalue weighted by Gasteiger charge is -2.25. The number of aliphatic hydroxyl groups is 1. The van der Waals surface area contributed by atoms with Crippen molar-refractivity contribution in [3.05, 3.63) is 22.2 Å². The molecule has 0 aliphatic carbocycles. The molecule has 0 saturated carbocycles. The van der Waals surface area contributed by atoms with Crippen LogP contribution in [0.2, 0.25) is 0 Å². The Balaban J connectivity index is 2.44. The fourth-order valence-corrected chi connectivity index (χ4v) is 2.21. The Hall–Kier alpha value is -2.35. The molecule has 0 atom stereocenters. The number of amides is 1. The van der Waals surface area contributed by atoms with Gasteiger partial charge in [-0.05, 0) is 19.4 Å². The van der Waals surface area contributed by atoms with Crippen molar-refractivity contribution in [1.82, 2.24) is 0 Å². The van der Waals surface area contributed by atoms with Gasteiger partial charge in [-0.15, -0.1) is 0 Å². The van der Waals surface area contributed by atoms with E-state index in [1.54, 1.807) is 11.0 Å². The number of aliphatic hydroxyl groups excluding tert-OH is 1. The van der Waals surface area contributed by atoms with E-state index < -0.39 is 4.92 Å². The van der Waals surface area contributed by atoms with E-state index in [1.807, 2.05) is 6.92 Å². The molecule has 1 aliphatic heterocycles. The predicted octanol–water partition coefficient (Wildman–Crippen LogP) is 1.13. The maximum atomic E-state index is 11.4. The molecule has 0 radical (unpaired) electrons. The summed E-state index contributed by atoms with van der Waals surface area (Å²) in [6.45, 7) is 2.77. The molecular weight excluding hydrogens is 278 g/mol. The van der Waals surface area contributed by atoms with Crippen LogP contribution in [-0.4, -0.2) is 42.2 Å². The number of nitrogens with one attached hydrogen (secondary N) is 1. The van der Waals surface area contributed by atoms with Crippen molar-refractivity contribution in [3.63, 3.8) is 0 Å². The number of nitrogens with zero attached hydrogens (tertiary/aromatic N) is 2. The number of nitro benzene ring substituents is 1. The first-order chi connectivity index (χ1) is 10.1. The van der Waals surface area contributed by atoms with Gasteiger partial charge in [0, 0.05) is 19.7 Å². The Labute approximate surface area is 121 Å². The minimum Gasteiger partial charge on any atom is -0.481 e. The number of ether oxygens (including phenoxy) is 1. The van der Waals surface area contributed by atoms with Gasteiger partial charge in [-0.1, -0.05) is 0 Å². The van der Waals surface area contributed by atoms with Crippen LogP contribution in [0, 0.1) is 10.1 Å². The molecule has 2 N–H and O–H groups in total. The van der Waals surface area contributed by atoms with Crippen LogP contribution >= 0.6 is 0 Å². The number of rotatable bonds is 6. The highest BCUT2D eigenvalue weighted by atomic mass is 16.6. The SMILES string of the molecule is CCN(CCCO)c1cc2c(cc1[N+](=O)[O-])OCC(=O)N2. The number of hydrogen-bond acceptors (Lipinski definition) is 6. The standard InChI is InChI=1S/C13H17N3O5/c1-2-15(4-3-5-17)10-6-9-12(7-11(10)16(19)20)21-8-13(18)14-9/h6-7,17H,2-5,8H2,1H3,(H,14,18). The van der Waals surface area contributed by atoms with E-state index in [4.69, 9.17) is 9.84 Å². The lowest BCUT2D eigenvalue weighted by Crippen LogP contribution is -2.28. The maximum Gasteiger partial charge on any atom is 0.296 e. The summed E-state index contributed by atoms with van der Waals surface area (Å²) >= 11 is 0. The highest BCUT2D eigenvalue weighted by Crippen LogP contribution is 2.39. The van der Waals surface area contributed by atoms with Crippen LogP contribution < -0.4 is 15.0 Å². The second-order valence-electron chi connectivity index (χ2n) is 4.59. The zero-order valence-electron chi connectivity index (χ0n) is 11.7. The van der Waals surface area contributed by atoms with E-state index in [2.05, 4.69) is 5.32 Å². The van der Waals surface area contributed by atoms with Crippen LogP contribution in [0.3, 0.4) is 0 Å². The highest BCUT2D eigenvalue weighted by Gasteiger charge is 2.26. The van der Waals surface area contributed by atoms with E-state index in [1.165, 1.54) is 6.07 Å². The number of anilines is 2. The van der Waals surface area contributed by atoms with E-state index >= 15 is 0 Å². The second kappa shape index (κ2) is 6.40. The summed E-state index contributed by atoms with van der Waals surface area (Å²) in [6.07, 6.45) is 0.505. The van der Waals surface area contributed by atoms with E-state index in [9.17, 15) is 14.9 Å². The molecular formula is C13H17N3O5. The van der Waals surface area contributed by atoms with Gasteiger partial charge in [0.1, 0.15) is 5.69 Å². The Morgan fingerprint density at radius 3 is 2.90 bits per heavy atom. The minimum absolute atomic E-state index is 0.00901. The third-order valence-corrected chi connectivity index (χ3v) is 3.21. The molecule has 0 aromatic heterocycles. The number of benzene rings is 1. The van der Waals surface area contributed by atoms with Gasteiger partial charge in [0.2, 0.25) is 0 Å². The van der Waals surface area contributed by atoms with Crippen LogP contribution in [0.5, 0.6) is 5.75 Å². The van der Waals surface area contributed by atoms with Crippen LogP contribution in [0.4, 0.5) is 17.1 Å². The Kier molecular flexibility index (Phi) is 4.59. The molecule has 2 rings (SSSR count). The third-order valence-electron chi connectivity index (χ3n) is 3.21. The molecule has 1 aromatic rings. The number of hydrogen-bond donors (Lipinski definition) is 2. The average molecular weight is 295 g/mol. The number of carbonyl (C=O) groups is 1. The molecule has 0 saturated heterocycles. The molecule has 8 heteroatoms. The summed E-state index contributed by atoms with van der Waals surface area (Å²) in [5.41, 5.74) is 0.750. The summed E-state index contributed by atoms with van der Waals surface area (Å²) in [6, 6.07) is 2.87. The summed E-state index contributed by atoms with van der Waals surface area (Å²) in [5.74, 6) is 0.00368. The van der Waals surface area contributed by atoms with E-state index in [0.29, 0.717) is 36.6 Å². The van der Waals surface area contributed by atoms with Crippen molar-refractivity contribution >= 4 is 23.0 Å². The molecule has 0 spiro atoms. The Morgan fingerprint density at radius 2 is 2.29 bits per heavy atom. The smallest absolute Gasteiger partial charge is 0.296 e. The van der Waals surface area contributed by atoms with Crippen molar-refractivity contribution in [2.24, 2.45) is 0 Å². The quantitative estimate of drug-likeness (QED) is 0.602. The van der Waals surface area contributed by atoms with Crippen LogP contribution in [0.15, 0.2) is 12.1 Å². The molecule has 0 unspecified atom stereocenters. The minimum atomic E-state index is -0.475. The van der Waals surface area contributed by atoms with Crippen LogP contribution in [0.1, 0.15) is 13.3 Å². The van der Waals surface area contributed by atoms with Gasteiger partial charge >= 0.3 is 0 Å². The molecule has 1 heterocycles. The van der Waals surface area contributed by atoms with Crippen molar-refractivity contribution < 1.29 is 19.6 Å². The fraction of sp³-hybridized carbons (Fsp3) is 0.462. The predicted molar refractivity (Wildman–Crippen MR) is 76.8 cm³/mol. The highest BCUT2D eigenvalue weighted by molar-refractivity contribution is 5.96. The summed E-state index contributed by atoms with van der Waals surface area (Å²) in [4.78, 5) is 23.9. The average Bonchev–Trinajstić information content (AvgIpc) is 2.46. The molecule has 0 bridgehead atoms. The molecule has 0 fully saturated rings. The van der Waals surface area contributed by atoms with Crippen molar-refractivity contribution in [2.75, 3.05) is 36.5 Å².